The van der Waals surface area contributed by atoms with Crippen LogP contribution in [0.4, 0.5) is 5.69 Å². The van der Waals surface area contributed by atoms with E-state index >= 15 is 0 Å². The Balaban J connectivity index is 2.21. The van der Waals surface area contributed by atoms with Crippen LogP contribution in [0.3, 0.4) is 0 Å². The average molecular weight is 235 g/mol. The third-order valence-corrected chi connectivity index (χ3v) is 2.32. The normalized spacial score (nSPS) is 15.1. The van der Waals surface area contributed by atoms with Crippen LogP contribution in [0.5, 0.6) is 0 Å². The Hall–Kier alpha value is -2.21. The summed E-state index contributed by atoms with van der Waals surface area (Å²) in [5.41, 5.74) is 0.544. The molecule has 1 aromatic carbocycles. The second kappa shape index (κ2) is 4.34. The van der Waals surface area contributed by atoms with Crippen LogP contribution in [0.1, 0.15) is 16.8 Å². The van der Waals surface area contributed by atoms with Crippen molar-refractivity contribution in [3.8, 4) is 0 Å². The smallest absolute Gasteiger partial charge is 0.377 e. The van der Waals surface area contributed by atoms with Crippen LogP contribution in [-0.4, -0.2) is 29.4 Å². The van der Waals surface area contributed by atoms with Gasteiger partial charge in [-0.15, -0.1) is 0 Å². The van der Waals surface area contributed by atoms with Gasteiger partial charge in [-0.1, -0.05) is 0 Å². The number of aliphatic carboxylic acids is 1. The van der Waals surface area contributed by atoms with Crippen LogP contribution in [0.25, 0.3) is 0 Å². The minimum absolute atomic E-state index is 0.0629. The number of anilines is 1. The van der Waals surface area contributed by atoms with E-state index in [1.807, 2.05) is 0 Å². The van der Waals surface area contributed by atoms with E-state index in [4.69, 9.17) is 9.94 Å². The zero-order valence-corrected chi connectivity index (χ0v) is 8.75. The molecule has 0 unspecified atom stereocenters. The summed E-state index contributed by atoms with van der Waals surface area (Å²) in [4.78, 5) is 38.0. The Morgan fingerprint density at radius 2 is 1.88 bits per heavy atom. The maximum absolute atomic E-state index is 11.3. The maximum atomic E-state index is 11.3. The SMILES string of the molecule is O=C(O)C(=O)c1ccc(N2OCCC2=O)cc1. The summed E-state index contributed by atoms with van der Waals surface area (Å²) in [6.07, 6.45) is 0.315. The molecule has 1 aromatic rings. The van der Waals surface area contributed by atoms with E-state index in [9.17, 15) is 14.4 Å². The van der Waals surface area contributed by atoms with Crippen LogP contribution in [0.15, 0.2) is 24.3 Å². The van der Waals surface area contributed by atoms with Crippen LogP contribution >= 0.6 is 0 Å². The first-order valence-corrected chi connectivity index (χ1v) is 4.93. The molecule has 88 valence electrons. The zero-order valence-electron chi connectivity index (χ0n) is 8.75. The molecule has 2 rings (SSSR count). The second-order valence-electron chi connectivity index (χ2n) is 3.45. The number of hydroxylamine groups is 1. The Kier molecular flexibility index (Phi) is 2.88. The predicted octanol–water partition coefficient (Wildman–Crippen LogP) is 0.622. The number of carbonyl (C=O) groups excluding carboxylic acids is 2. The van der Waals surface area contributed by atoms with Crippen molar-refractivity contribution in [1.82, 2.24) is 0 Å². The molecule has 6 heteroatoms. The highest BCUT2D eigenvalue weighted by molar-refractivity contribution is 6.39. The van der Waals surface area contributed by atoms with Crippen molar-refractivity contribution >= 4 is 23.3 Å². The highest BCUT2D eigenvalue weighted by atomic mass is 16.7. The molecule has 0 aliphatic carbocycles. The van der Waals surface area contributed by atoms with Gasteiger partial charge in [0.1, 0.15) is 0 Å². The molecule has 0 spiro atoms. The molecule has 1 heterocycles. The van der Waals surface area contributed by atoms with E-state index < -0.39 is 11.8 Å². The van der Waals surface area contributed by atoms with Crippen molar-refractivity contribution < 1.29 is 24.3 Å². The van der Waals surface area contributed by atoms with Gasteiger partial charge in [-0.05, 0) is 24.3 Å². The lowest BCUT2D eigenvalue weighted by molar-refractivity contribution is -0.131. The minimum atomic E-state index is -1.51. The van der Waals surface area contributed by atoms with Crippen LogP contribution in [0.2, 0.25) is 0 Å². The molecule has 0 bridgehead atoms. The molecular formula is C11H9NO5. The number of Topliss-reactive ketones (excluding diaryl/α,β-unsaturated/α-hetero) is 1. The van der Waals surface area contributed by atoms with Gasteiger partial charge < -0.3 is 5.11 Å². The lowest BCUT2D eigenvalue weighted by Crippen LogP contribution is -2.22. The number of ketones is 1. The maximum Gasteiger partial charge on any atom is 0.377 e. The molecule has 1 aliphatic heterocycles. The molecular weight excluding hydrogens is 226 g/mol. The van der Waals surface area contributed by atoms with Gasteiger partial charge >= 0.3 is 5.97 Å². The predicted molar refractivity (Wildman–Crippen MR) is 56.5 cm³/mol. The fourth-order valence-electron chi connectivity index (χ4n) is 1.49. The Morgan fingerprint density at radius 1 is 1.24 bits per heavy atom. The van der Waals surface area contributed by atoms with Gasteiger partial charge in [0.2, 0.25) is 0 Å². The lowest BCUT2D eigenvalue weighted by atomic mass is 10.1. The largest absolute Gasteiger partial charge is 0.475 e. The highest BCUT2D eigenvalue weighted by Crippen LogP contribution is 2.20. The summed E-state index contributed by atoms with van der Waals surface area (Å²) in [7, 11) is 0. The van der Waals surface area contributed by atoms with Crippen LogP contribution < -0.4 is 5.06 Å². The van der Waals surface area contributed by atoms with Gasteiger partial charge in [0, 0.05) is 5.56 Å². The quantitative estimate of drug-likeness (QED) is 0.613. The molecule has 0 atom stereocenters. The van der Waals surface area contributed by atoms with Gasteiger partial charge in [0.15, 0.2) is 0 Å². The van der Waals surface area contributed by atoms with Gasteiger partial charge in [0.05, 0.1) is 18.7 Å². The van der Waals surface area contributed by atoms with Gasteiger partial charge in [0.25, 0.3) is 11.7 Å². The number of amides is 1. The van der Waals surface area contributed by atoms with Gasteiger partial charge in [-0.3, -0.25) is 14.4 Å². The van der Waals surface area contributed by atoms with Crippen molar-refractivity contribution in [3.63, 3.8) is 0 Å². The summed E-state index contributed by atoms with van der Waals surface area (Å²) < 4.78 is 0. The number of hydrogen-bond acceptors (Lipinski definition) is 4. The van der Waals surface area contributed by atoms with Crippen molar-refractivity contribution in [2.75, 3.05) is 11.7 Å². The number of carboxylic acid groups (broad SMARTS) is 1. The molecule has 17 heavy (non-hydrogen) atoms. The Morgan fingerprint density at radius 3 is 2.35 bits per heavy atom. The Labute approximate surface area is 96.4 Å². The number of hydrogen-bond donors (Lipinski definition) is 1. The summed E-state index contributed by atoms with van der Waals surface area (Å²) in [6.45, 7) is 0.328. The first-order chi connectivity index (χ1) is 8.09. The number of benzene rings is 1. The second-order valence-corrected chi connectivity index (χ2v) is 3.45. The van der Waals surface area contributed by atoms with Crippen LogP contribution in [-0.2, 0) is 14.4 Å². The standard InChI is InChI=1S/C11H9NO5/c13-9-5-6-17-12(9)8-3-1-7(2-4-8)10(14)11(15)16/h1-4H,5-6H2,(H,15,16). The molecule has 1 fully saturated rings. The molecule has 0 saturated carbocycles. The van der Waals surface area contributed by atoms with E-state index in [2.05, 4.69) is 0 Å². The molecule has 0 aromatic heterocycles. The highest BCUT2D eigenvalue weighted by Gasteiger charge is 2.23. The number of carboxylic acids is 1. The average Bonchev–Trinajstić information content (AvgIpc) is 2.74. The first kappa shape index (κ1) is 11.3. The van der Waals surface area contributed by atoms with Crippen molar-refractivity contribution in [1.29, 1.82) is 0 Å². The monoisotopic (exact) mass is 235 g/mol. The minimum Gasteiger partial charge on any atom is -0.475 e. The van der Waals surface area contributed by atoms with Crippen molar-refractivity contribution in [2.24, 2.45) is 0 Å². The third-order valence-electron chi connectivity index (χ3n) is 2.32. The Bertz CT molecular complexity index is 479. The molecule has 6 nitrogen and oxygen atoms in total. The lowest BCUT2D eigenvalue weighted by Gasteiger charge is -2.13. The molecule has 0 radical (unpaired) electrons. The number of carbonyl (C=O) groups is 3. The van der Waals surface area contributed by atoms with Gasteiger partial charge in [-0.25, -0.2) is 4.79 Å². The number of rotatable bonds is 3. The van der Waals surface area contributed by atoms with Crippen LogP contribution in [0, 0.1) is 0 Å². The summed E-state index contributed by atoms with van der Waals surface area (Å²) >= 11 is 0. The fourth-order valence-corrected chi connectivity index (χ4v) is 1.49. The third kappa shape index (κ3) is 2.16. The molecule has 1 aliphatic rings. The van der Waals surface area contributed by atoms with E-state index in [0.717, 1.165) is 5.06 Å². The van der Waals surface area contributed by atoms with E-state index in [0.29, 0.717) is 18.7 Å². The summed E-state index contributed by atoms with van der Waals surface area (Å²) in [6, 6.07) is 5.64. The molecule has 1 saturated heterocycles. The summed E-state index contributed by atoms with van der Waals surface area (Å²) in [5, 5.41) is 9.65. The van der Waals surface area contributed by atoms with E-state index in [1.165, 1.54) is 24.3 Å². The zero-order chi connectivity index (χ0) is 12.4. The van der Waals surface area contributed by atoms with E-state index in [1.54, 1.807) is 0 Å². The molecule has 1 amide bonds. The van der Waals surface area contributed by atoms with E-state index in [-0.39, 0.29) is 11.5 Å². The van der Waals surface area contributed by atoms with Crippen molar-refractivity contribution in [2.45, 2.75) is 6.42 Å². The number of nitrogens with zero attached hydrogens (tertiary/aromatic N) is 1. The topological polar surface area (TPSA) is 83.9 Å². The first-order valence-electron chi connectivity index (χ1n) is 4.93. The molecule has 1 N–H and O–H groups in total. The summed E-state index contributed by atoms with van der Waals surface area (Å²) in [5.74, 6) is -2.65. The van der Waals surface area contributed by atoms with Crippen molar-refractivity contribution in [3.05, 3.63) is 29.8 Å². The fraction of sp³-hybridized carbons (Fsp3) is 0.182. The van der Waals surface area contributed by atoms with Gasteiger partial charge in [-0.2, -0.15) is 5.06 Å².